The lowest BCUT2D eigenvalue weighted by Gasteiger charge is -2.24. The second kappa shape index (κ2) is 11.5. The van der Waals surface area contributed by atoms with E-state index in [2.05, 4.69) is 28.2 Å². The van der Waals surface area contributed by atoms with Crippen LogP contribution in [-0.4, -0.2) is 33.7 Å². The summed E-state index contributed by atoms with van der Waals surface area (Å²) in [5.74, 6) is 0.118. The van der Waals surface area contributed by atoms with Gasteiger partial charge < -0.3 is 21.7 Å². The Hall–Kier alpha value is -4.96. The van der Waals surface area contributed by atoms with Gasteiger partial charge in [-0.05, 0) is 77.4 Å². The maximum atomic E-state index is 13.1. The van der Waals surface area contributed by atoms with Gasteiger partial charge in [0.25, 0.3) is 5.91 Å². The zero-order valence-electron chi connectivity index (χ0n) is 23.4. The Morgan fingerprint density at radius 3 is 2.60 bits per heavy atom. The lowest BCUT2D eigenvalue weighted by Crippen LogP contribution is -2.45. The number of unbranched alkanes of at least 4 members (excludes halogenated alkanes) is 1. The van der Waals surface area contributed by atoms with Gasteiger partial charge in [0.1, 0.15) is 5.82 Å². The van der Waals surface area contributed by atoms with Crippen LogP contribution in [-0.2, 0) is 30.7 Å². The van der Waals surface area contributed by atoms with E-state index in [4.69, 9.17) is 10.8 Å². The Morgan fingerprint density at radius 2 is 1.81 bits per heavy atom. The van der Waals surface area contributed by atoms with Crippen LogP contribution in [0.4, 0.5) is 16.3 Å². The Bertz CT molecular complexity index is 1680. The zero-order chi connectivity index (χ0) is 29.2. The molecule has 2 aliphatic heterocycles. The molecule has 0 bridgehead atoms. The molecule has 4 amide bonds. The SMILES string of the molecule is CCCCc1cc(NC(=O)Nc2ccc(-c3cccc4c3CNC4=O)cc2)n(-c2ccc3c(c2)CC(C(N)=O)NC3)n1. The third-order valence-corrected chi connectivity index (χ3v) is 7.83. The molecule has 1 atom stereocenters. The Balaban J connectivity index is 1.20. The van der Waals surface area contributed by atoms with Gasteiger partial charge >= 0.3 is 6.03 Å². The molecule has 3 heterocycles. The summed E-state index contributed by atoms with van der Waals surface area (Å²) in [5.41, 5.74) is 13.6. The van der Waals surface area contributed by atoms with Gasteiger partial charge in [0.05, 0.1) is 17.4 Å². The minimum absolute atomic E-state index is 0.0545. The smallest absolute Gasteiger partial charge is 0.324 e. The number of aryl methyl sites for hydroxylation is 1. The van der Waals surface area contributed by atoms with Crippen molar-refractivity contribution in [3.05, 3.63) is 94.7 Å². The number of rotatable bonds is 8. The summed E-state index contributed by atoms with van der Waals surface area (Å²) in [5, 5.41) is 16.7. The van der Waals surface area contributed by atoms with Crippen LogP contribution in [0.15, 0.2) is 66.7 Å². The van der Waals surface area contributed by atoms with Gasteiger partial charge in [-0.25, -0.2) is 9.48 Å². The summed E-state index contributed by atoms with van der Waals surface area (Å²) in [6.45, 7) is 3.20. The molecule has 214 valence electrons. The van der Waals surface area contributed by atoms with Crippen LogP contribution in [0.25, 0.3) is 16.8 Å². The molecule has 10 nitrogen and oxygen atoms in total. The van der Waals surface area contributed by atoms with Crippen molar-refractivity contribution in [2.45, 2.75) is 51.7 Å². The lowest BCUT2D eigenvalue weighted by atomic mass is 9.95. The van der Waals surface area contributed by atoms with Crippen LogP contribution in [0.5, 0.6) is 0 Å². The number of primary amides is 1. The number of hydrogen-bond donors (Lipinski definition) is 5. The minimum atomic E-state index is -0.415. The summed E-state index contributed by atoms with van der Waals surface area (Å²) < 4.78 is 1.74. The molecular weight excluding hydrogens is 530 g/mol. The predicted octanol–water partition coefficient (Wildman–Crippen LogP) is 4.27. The van der Waals surface area contributed by atoms with E-state index in [1.54, 1.807) is 4.68 Å². The van der Waals surface area contributed by atoms with E-state index in [0.29, 0.717) is 36.6 Å². The van der Waals surface area contributed by atoms with Gasteiger partial charge in [0.2, 0.25) is 5.91 Å². The van der Waals surface area contributed by atoms with Gasteiger partial charge in [0.15, 0.2) is 0 Å². The number of carbonyl (C=O) groups excluding carboxylic acids is 3. The largest absolute Gasteiger partial charge is 0.368 e. The first kappa shape index (κ1) is 27.2. The number of nitrogens with two attached hydrogens (primary N) is 1. The summed E-state index contributed by atoms with van der Waals surface area (Å²) >= 11 is 0. The van der Waals surface area contributed by atoms with Gasteiger partial charge in [0, 0.05) is 30.4 Å². The quantitative estimate of drug-likeness (QED) is 0.218. The molecule has 0 radical (unpaired) electrons. The fourth-order valence-electron chi connectivity index (χ4n) is 5.57. The van der Waals surface area contributed by atoms with Crippen molar-refractivity contribution in [3.63, 3.8) is 0 Å². The lowest BCUT2D eigenvalue weighted by molar-refractivity contribution is -0.120. The summed E-state index contributed by atoms with van der Waals surface area (Å²) in [4.78, 5) is 36.9. The first-order valence-electron chi connectivity index (χ1n) is 14.2. The molecule has 0 spiro atoms. The number of carbonyl (C=O) groups is 3. The predicted molar refractivity (Wildman–Crippen MR) is 161 cm³/mol. The number of benzene rings is 3. The molecule has 0 aliphatic carbocycles. The molecule has 6 N–H and O–H groups in total. The number of nitrogens with one attached hydrogen (secondary N) is 4. The highest BCUT2D eigenvalue weighted by Gasteiger charge is 2.24. The van der Waals surface area contributed by atoms with Gasteiger partial charge in [-0.15, -0.1) is 0 Å². The number of fused-ring (bicyclic) bond motifs is 2. The number of hydrogen-bond acceptors (Lipinski definition) is 5. The van der Waals surface area contributed by atoms with Crippen molar-refractivity contribution in [2.75, 3.05) is 10.6 Å². The standard InChI is InChI=1S/C32H33N7O3/c1-2-3-5-23-16-29(39(38-23)24-13-10-20-17-34-28(30(33)40)15-21(20)14-24)37-32(42)36-22-11-8-19(9-12-22)25-6-4-7-26-27(25)18-35-31(26)41/h4,6-14,16,28,34H,2-3,5,15,17-18H2,1H3,(H2,33,40)(H,35,41)(H2,36,37,42). The van der Waals surface area contributed by atoms with E-state index in [-0.39, 0.29) is 11.8 Å². The van der Waals surface area contributed by atoms with E-state index < -0.39 is 12.1 Å². The molecule has 10 heteroatoms. The van der Waals surface area contributed by atoms with Crippen LogP contribution in [0.3, 0.4) is 0 Å². The molecule has 1 unspecified atom stereocenters. The average molecular weight is 564 g/mol. The zero-order valence-corrected chi connectivity index (χ0v) is 23.4. The second-order valence-corrected chi connectivity index (χ2v) is 10.7. The number of urea groups is 1. The van der Waals surface area contributed by atoms with E-state index >= 15 is 0 Å². The molecule has 3 aromatic carbocycles. The molecular formula is C32H33N7O3. The molecule has 6 rings (SSSR count). The highest BCUT2D eigenvalue weighted by Crippen LogP contribution is 2.30. The molecule has 2 aliphatic rings. The highest BCUT2D eigenvalue weighted by atomic mass is 16.2. The fourth-order valence-corrected chi connectivity index (χ4v) is 5.57. The summed E-state index contributed by atoms with van der Waals surface area (Å²) in [7, 11) is 0. The van der Waals surface area contributed by atoms with Crippen LogP contribution in [0.1, 0.15) is 52.5 Å². The van der Waals surface area contributed by atoms with E-state index in [9.17, 15) is 14.4 Å². The van der Waals surface area contributed by atoms with Crippen molar-refractivity contribution in [1.29, 1.82) is 0 Å². The first-order valence-corrected chi connectivity index (χ1v) is 14.2. The van der Waals surface area contributed by atoms with Gasteiger partial charge in [-0.1, -0.05) is 43.7 Å². The molecule has 4 aromatic rings. The topological polar surface area (TPSA) is 143 Å². The maximum Gasteiger partial charge on any atom is 0.324 e. The van der Waals surface area contributed by atoms with Crippen molar-refractivity contribution in [3.8, 4) is 16.8 Å². The van der Waals surface area contributed by atoms with Crippen molar-refractivity contribution >= 4 is 29.4 Å². The van der Waals surface area contributed by atoms with E-state index in [1.807, 2.05) is 66.7 Å². The Morgan fingerprint density at radius 1 is 1.00 bits per heavy atom. The third-order valence-electron chi connectivity index (χ3n) is 7.83. The Kier molecular flexibility index (Phi) is 7.45. The molecule has 1 aromatic heterocycles. The molecule has 0 fully saturated rings. The summed E-state index contributed by atoms with van der Waals surface area (Å²) in [6.07, 6.45) is 3.32. The van der Waals surface area contributed by atoms with Crippen LogP contribution >= 0.6 is 0 Å². The van der Waals surface area contributed by atoms with Crippen molar-refractivity contribution in [1.82, 2.24) is 20.4 Å². The minimum Gasteiger partial charge on any atom is -0.368 e. The maximum absolute atomic E-state index is 13.1. The normalized spacial score (nSPS) is 15.5. The van der Waals surface area contributed by atoms with Crippen molar-refractivity contribution < 1.29 is 14.4 Å². The fraction of sp³-hybridized carbons (Fsp3) is 0.250. The highest BCUT2D eigenvalue weighted by molar-refractivity contribution is 6.01. The van der Waals surface area contributed by atoms with Crippen LogP contribution in [0, 0.1) is 0 Å². The summed E-state index contributed by atoms with van der Waals surface area (Å²) in [6, 6.07) is 20.3. The monoisotopic (exact) mass is 563 g/mol. The average Bonchev–Trinajstić information content (AvgIpc) is 3.58. The first-order chi connectivity index (χ1) is 20.4. The Labute approximate surface area is 243 Å². The second-order valence-electron chi connectivity index (χ2n) is 10.7. The van der Waals surface area contributed by atoms with E-state index in [0.717, 1.165) is 58.5 Å². The van der Waals surface area contributed by atoms with Gasteiger partial charge in [-0.2, -0.15) is 5.10 Å². The molecule has 42 heavy (non-hydrogen) atoms. The van der Waals surface area contributed by atoms with Crippen molar-refractivity contribution in [2.24, 2.45) is 5.73 Å². The van der Waals surface area contributed by atoms with Crippen LogP contribution < -0.4 is 27.0 Å². The number of amides is 4. The number of nitrogens with zero attached hydrogens (tertiary/aromatic N) is 2. The van der Waals surface area contributed by atoms with Gasteiger partial charge in [-0.3, -0.25) is 14.9 Å². The number of aromatic nitrogens is 2. The molecule has 0 saturated heterocycles. The third kappa shape index (κ3) is 5.48. The van der Waals surface area contributed by atoms with E-state index in [1.165, 1.54) is 0 Å². The number of anilines is 2. The molecule has 0 saturated carbocycles. The van der Waals surface area contributed by atoms with Crippen LogP contribution in [0.2, 0.25) is 0 Å².